The summed E-state index contributed by atoms with van der Waals surface area (Å²) in [6.07, 6.45) is 7.10. The minimum Gasteiger partial charge on any atom is -0.481 e. The maximum absolute atomic E-state index is 12.6. The molecule has 2 unspecified atom stereocenters. The fraction of sp³-hybridized carbons (Fsp3) is 0.500. The third-order valence-electron chi connectivity index (χ3n) is 4.74. The number of amides is 1. The van der Waals surface area contributed by atoms with Crippen LogP contribution >= 0.6 is 11.3 Å². The minimum atomic E-state index is -0.822. The quantitative estimate of drug-likeness (QED) is 0.775. The first-order valence-corrected chi connectivity index (χ1v) is 9.57. The number of carbonyl (C=O) groups is 2. The molecule has 134 valence electrons. The first-order valence-electron chi connectivity index (χ1n) is 8.69. The van der Waals surface area contributed by atoms with E-state index in [2.05, 4.69) is 15.3 Å². The van der Waals surface area contributed by atoms with Crippen LogP contribution in [0.1, 0.15) is 54.0 Å². The van der Waals surface area contributed by atoms with Crippen LogP contribution in [0.5, 0.6) is 0 Å². The zero-order valence-corrected chi connectivity index (χ0v) is 15.1. The zero-order chi connectivity index (χ0) is 17.8. The van der Waals surface area contributed by atoms with Crippen molar-refractivity contribution in [3.8, 4) is 11.3 Å². The molecule has 1 aliphatic carbocycles. The molecule has 3 rings (SSSR count). The van der Waals surface area contributed by atoms with E-state index < -0.39 is 11.9 Å². The van der Waals surface area contributed by atoms with E-state index in [1.165, 1.54) is 0 Å². The Morgan fingerprint density at radius 1 is 1.28 bits per heavy atom. The maximum Gasteiger partial charge on any atom is 0.308 e. The van der Waals surface area contributed by atoms with E-state index in [0.717, 1.165) is 41.9 Å². The second-order valence-electron chi connectivity index (χ2n) is 6.57. The number of rotatable bonds is 4. The van der Waals surface area contributed by atoms with Gasteiger partial charge in [-0.05, 0) is 25.8 Å². The number of H-pyrrole nitrogens is 1. The number of hydrogen-bond donors (Lipinski definition) is 3. The van der Waals surface area contributed by atoms with E-state index in [0.29, 0.717) is 18.5 Å². The fourth-order valence-electron chi connectivity index (χ4n) is 3.37. The van der Waals surface area contributed by atoms with E-state index in [9.17, 15) is 14.7 Å². The van der Waals surface area contributed by atoms with E-state index in [4.69, 9.17) is 0 Å². The van der Waals surface area contributed by atoms with Crippen molar-refractivity contribution in [2.45, 2.75) is 51.5 Å². The normalized spacial score (nSPS) is 21.3. The molecular formula is C18H23N3O3S. The smallest absolute Gasteiger partial charge is 0.308 e. The predicted molar refractivity (Wildman–Crippen MR) is 96.7 cm³/mol. The van der Waals surface area contributed by atoms with Gasteiger partial charge in [0.15, 0.2) is 0 Å². The van der Waals surface area contributed by atoms with Gasteiger partial charge >= 0.3 is 5.97 Å². The van der Waals surface area contributed by atoms with Crippen LogP contribution in [0.15, 0.2) is 17.6 Å². The van der Waals surface area contributed by atoms with Crippen LogP contribution in [-0.2, 0) is 4.79 Å². The first-order chi connectivity index (χ1) is 12.0. The Hall–Kier alpha value is -2.15. The van der Waals surface area contributed by atoms with Gasteiger partial charge in [-0.15, -0.1) is 11.3 Å². The topological polar surface area (TPSA) is 95.1 Å². The summed E-state index contributed by atoms with van der Waals surface area (Å²) >= 11 is 1.56. The van der Waals surface area contributed by atoms with Crippen LogP contribution in [0, 0.1) is 12.8 Å². The molecule has 1 aliphatic rings. The van der Waals surface area contributed by atoms with Crippen molar-refractivity contribution < 1.29 is 14.7 Å². The van der Waals surface area contributed by atoms with Crippen molar-refractivity contribution in [3.63, 3.8) is 0 Å². The van der Waals surface area contributed by atoms with Gasteiger partial charge in [0.25, 0.3) is 5.91 Å². The number of carbonyl (C=O) groups excluding carboxylic acids is 1. The maximum atomic E-state index is 12.6. The Bertz CT molecular complexity index is 752. The molecule has 1 fully saturated rings. The number of aromatic amines is 1. The van der Waals surface area contributed by atoms with E-state index in [-0.39, 0.29) is 11.9 Å². The van der Waals surface area contributed by atoms with Gasteiger partial charge in [-0.3, -0.25) is 9.59 Å². The van der Waals surface area contributed by atoms with Gasteiger partial charge in [0, 0.05) is 23.2 Å². The van der Waals surface area contributed by atoms with E-state index >= 15 is 0 Å². The van der Waals surface area contributed by atoms with Gasteiger partial charge in [-0.25, -0.2) is 4.98 Å². The molecule has 7 heteroatoms. The number of nitrogens with one attached hydrogen (secondary N) is 2. The second-order valence-corrected chi connectivity index (χ2v) is 7.63. The summed E-state index contributed by atoms with van der Waals surface area (Å²) in [6, 6.07) is 1.45. The molecule has 2 aromatic heterocycles. The van der Waals surface area contributed by atoms with Crippen LogP contribution < -0.4 is 5.32 Å². The van der Waals surface area contributed by atoms with Gasteiger partial charge in [-0.1, -0.05) is 25.7 Å². The molecule has 3 N–H and O–H groups in total. The lowest BCUT2D eigenvalue weighted by atomic mass is 9.86. The number of aromatic nitrogens is 2. The molecule has 0 aliphatic heterocycles. The van der Waals surface area contributed by atoms with Crippen LogP contribution in [0.25, 0.3) is 11.3 Å². The Labute approximate surface area is 150 Å². The summed E-state index contributed by atoms with van der Waals surface area (Å²) in [7, 11) is 0. The Morgan fingerprint density at radius 2 is 2.04 bits per heavy atom. The van der Waals surface area contributed by atoms with Gasteiger partial charge in [-0.2, -0.15) is 0 Å². The van der Waals surface area contributed by atoms with Gasteiger partial charge in [0.2, 0.25) is 0 Å². The highest BCUT2D eigenvalue weighted by atomic mass is 32.1. The van der Waals surface area contributed by atoms with Crippen molar-refractivity contribution >= 4 is 23.2 Å². The lowest BCUT2D eigenvalue weighted by Crippen LogP contribution is -2.44. The second kappa shape index (κ2) is 7.82. The first kappa shape index (κ1) is 17.7. The van der Waals surface area contributed by atoms with Gasteiger partial charge in [0.05, 0.1) is 16.6 Å². The van der Waals surface area contributed by atoms with Crippen LogP contribution in [0.3, 0.4) is 0 Å². The number of thiazole rings is 1. The number of nitrogens with zero attached hydrogens (tertiary/aromatic N) is 1. The molecule has 1 saturated carbocycles. The van der Waals surface area contributed by atoms with Crippen molar-refractivity contribution in [3.05, 3.63) is 28.3 Å². The highest BCUT2D eigenvalue weighted by molar-refractivity contribution is 7.09. The lowest BCUT2D eigenvalue weighted by molar-refractivity contribution is -0.143. The average molecular weight is 361 g/mol. The molecule has 25 heavy (non-hydrogen) atoms. The zero-order valence-electron chi connectivity index (χ0n) is 14.2. The van der Waals surface area contributed by atoms with Gasteiger partial charge in [0.1, 0.15) is 5.69 Å². The molecule has 2 atom stereocenters. The third-order valence-corrected chi connectivity index (χ3v) is 5.52. The highest BCUT2D eigenvalue weighted by Crippen LogP contribution is 2.25. The fourth-order valence-corrected chi connectivity index (χ4v) is 3.99. The van der Waals surface area contributed by atoms with E-state index in [1.54, 1.807) is 23.6 Å². The van der Waals surface area contributed by atoms with Crippen molar-refractivity contribution in [2.75, 3.05) is 0 Å². The van der Waals surface area contributed by atoms with Gasteiger partial charge < -0.3 is 15.4 Å². The number of aryl methyl sites for hydroxylation is 1. The Morgan fingerprint density at radius 3 is 2.72 bits per heavy atom. The summed E-state index contributed by atoms with van der Waals surface area (Å²) in [6.45, 7) is 1.94. The summed E-state index contributed by atoms with van der Waals surface area (Å²) in [5.74, 6) is -1.59. The molecule has 0 bridgehead atoms. The Balaban J connectivity index is 1.71. The molecule has 1 amide bonds. The van der Waals surface area contributed by atoms with Crippen molar-refractivity contribution in [2.24, 2.45) is 5.92 Å². The number of hydrogen-bond acceptors (Lipinski definition) is 4. The molecule has 2 heterocycles. The van der Waals surface area contributed by atoms with Crippen LogP contribution in [0.4, 0.5) is 0 Å². The number of aliphatic carboxylic acids is 1. The summed E-state index contributed by atoms with van der Waals surface area (Å²) in [5, 5.41) is 15.4. The summed E-state index contributed by atoms with van der Waals surface area (Å²) < 4.78 is 0. The molecule has 2 aromatic rings. The lowest BCUT2D eigenvalue weighted by Gasteiger charge is -2.27. The van der Waals surface area contributed by atoms with Crippen LogP contribution in [0.2, 0.25) is 0 Å². The average Bonchev–Trinajstić information content (AvgIpc) is 3.18. The molecule has 0 saturated heterocycles. The number of carboxylic acids is 1. The van der Waals surface area contributed by atoms with Crippen LogP contribution in [-0.4, -0.2) is 33.0 Å². The van der Waals surface area contributed by atoms with Crippen molar-refractivity contribution in [1.82, 2.24) is 15.3 Å². The molecule has 0 aromatic carbocycles. The minimum absolute atomic E-state index is 0.255. The molecule has 0 spiro atoms. The Kier molecular flexibility index (Phi) is 5.53. The molecule has 0 radical (unpaired) electrons. The monoisotopic (exact) mass is 361 g/mol. The summed E-state index contributed by atoms with van der Waals surface area (Å²) in [4.78, 5) is 31.5. The molecular weight excluding hydrogens is 338 g/mol. The standard InChI is InChI=1S/C18H23N3O3S/c1-11-20-16(10-25-11)12-8-15(19-9-12)17(22)21-14-7-5-3-2-4-6-13(14)18(23)24/h8-10,13-14,19H,2-7H2,1H3,(H,21,22)(H,23,24). The van der Waals surface area contributed by atoms with Crippen molar-refractivity contribution in [1.29, 1.82) is 0 Å². The van der Waals surface area contributed by atoms with E-state index in [1.807, 2.05) is 12.3 Å². The predicted octanol–water partition coefficient (Wildman–Crippen LogP) is 3.60. The molecule has 6 nitrogen and oxygen atoms in total. The third kappa shape index (κ3) is 4.28. The highest BCUT2D eigenvalue weighted by Gasteiger charge is 2.30. The number of carboxylic acid groups (broad SMARTS) is 1. The summed E-state index contributed by atoms with van der Waals surface area (Å²) in [5.41, 5.74) is 2.14. The largest absolute Gasteiger partial charge is 0.481 e. The SMILES string of the molecule is Cc1nc(-c2c[nH]c(C(=O)NC3CCCCCCC3C(=O)O)c2)cs1.